The number of carbonyl (C=O) groups excluding carboxylic acids is 1. The molecule has 0 N–H and O–H groups in total. The Morgan fingerprint density at radius 1 is 1.64 bits per heavy atom. The molecule has 0 aromatic carbocycles. The van der Waals surface area contributed by atoms with E-state index in [0.717, 1.165) is 4.88 Å². The maximum atomic E-state index is 11.4. The summed E-state index contributed by atoms with van der Waals surface area (Å²) in [5, 5.41) is 8.70. The first-order valence-corrected chi connectivity index (χ1v) is 5.07. The van der Waals surface area contributed by atoms with Gasteiger partial charge in [-0.05, 0) is 26.8 Å². The van der Waals surface area contributed by atoms with Crippen LogP contribution in [0.4, 0.5) is 0 Å². The first kappa shape index (κ1) is 10.7. The third-order valence-corrected chi connectivity index (χ3v) is 2.61. The van der Waals surface area contributed by atoms with Crippen molar-refractivity contribution in [1.82, 2.24) is 0 Å². The van der Waals surface area contributed by atoms with Gasteiger partial charge in [0.05, 0.1) is 11.7 Å². The molecule has 0 unspecified atom stereocenters. The lowest BCUT2D eigenvalue weighted by Crippen LogP contribution is -2.09. The highest BCUT2D eigenvalue weighted by Crippen LogP contribution is 2.21. The minimum absolute atomic E-state index is 0.129. The number of hydrogen-bond donors (Lipinski definition) is 0. The number of nitrogens with zero attached hydrogens (tertiary/aromatic N) is 1. The van der Waals surface area contributed by atoms with Gasteiger partial charge in [0.15, 0.2) is 0 Å². The highest BCUT2D eigenvalue weighted by atomic mass is 32.1. The Morgan fingerprint density at radius 3 is 2.71 bits per heavy atom. The highest BCUT2D eigenvalue weighted by Gasteiger charge is 2.14. The van der Waals surface area contributed by atoms with Crippen LogP contribution in [0.1, 0.15) is 34.0 Å². The minimum Gasteiger partial charge on any atom is -0.459 e. The normalized spacial score (nSPS) is 9.93. The van der Waals surface area contributed by atoms with Gasteiger partial charge in [-0.2, -0.15) is 5.26 Å². The van der Waals surface area contributed by atoms with Gasteiger partial charge in [0.2, 0.25) is 0 Å². The van der Waals surface area contributed by atoms with Crippen molar-refractivity contribution in [1.29, 1.82) is 5.26 Å². The molecule has 3 nitrogen and oxygen atoms in total. The van der Waals surface area contributed by atoms with Crippen molar-refractivity contribution in [2.45, 2.75) is 26.9 Å². The summed E-state index contributed by atoms with van der Waals surface area (Å²) >= 11 is 1.29. The summed E-state index contributed by atoms with van der Waals surface area (Å²) in [5.74, 6) is -0.352. The van der Waals surface area contributed by atoms with Crippen LogP contribution in [0, 0.1) is 18.3 Å². The molecular formula is C10H11NO2S. The molecule has 0 saturated carbocycles. The van der Waals surface area contributed by atoms with Crippen LogP contribution in [-0.2, 0) is 4.74 Å². The molecule has 0 radical (unpaired) electrons. The van der Waals surface area contributed by atoms with E-state index in [2.05, 4.69) is 0 Å². The van der Waals surface area contributed by atoms with Crippen LogP contribution >= 0.6 is 11.3 Å². The second-order valence-electron chi connectivity index (χ2n) is 3.15. The summed E-state index contributed by atoms with van der Waals surface area (Å²) in [6.07, 6.45) is -0.129. The fraction of sp³-hybridized carbons (Fsp3) is 0.400. The SMILES string of the molecule is Cc1sc(C(=O)OC(C)C)cc1C#N. The van der Waals surface area contributed by atoms with Crippen LogP contribution in [0.2, 0.25) is 0 Å². The van der Waals surface area contributed by atoms with Gasteiger partial charge in [-0.25, -0.2) is 4.79 Å². The van der Waals surface area contributed by atoms with Crippen LogP contribution in [0.5, 0.6) is 0 Å². The number of nitriles is 1. The number of aryl methyl sites for hydroxylation is 1. The molecule has 1 aromatic rings. The zero-order valence-corrected chi connectivity index (χ0v) is 9.14. The van der Waals surface area contributed by atoms with Crippen LogP contribution in [-0.4, -0.2) is 12.1 Å². The molecule has 0 aliphatic heterocycles. The number of esters is 1. The summed E-state index contributed by atoms with van der Waals surface area (Å²) < 4.78 is 5.01. The second kappa shape index (κ2) is 4.25. The first-order chi connectivity index (χ1) is 6.54. The predicted octanol–water partition coefficient (Wildman–Crippen LogP) is 2.49. The number of rotatable bonds is 2. The maximum absolute atomic E-state index is 11.4. The van der Waals surface area contributed by atoms with Crippen molar-refractivity contribution in [2.24, 2.45) is 0 Å². The van der Waals surface area contributed by atoms with E-state index in [0.29, 0.717) is 10.4 Å². The van der Waals surface area contributed by atoms with E-state index in [1.165, 1.54) is 11.3 Å². The molecule has 0 amide bonds. The van der Waals surface area contributed by atoms with Crippen molar-refractivity contribution in [3.8, 4) is 6.07 Å². The van der Waals surface area contributed by atoms with Crippen LogP contribution < -0.4 is 0 Å². The van der Waals surface area contributed by atoms with Crippen molar-refractivity contribution >= 4 is 17.3 Å². The van der Waals surface area contributed by atoms with Gasteiger partial charge in [0.1, 0.15) is 10.9 Å². The molecule has 1 rings (SSSR count). The molecule has 4 heteroatoms. The van der Waals surface area contributed by atoms with Gasteiger partial charge in [-0.15, -0.1) is 11.3 Å². The lowest BCUT2D eigenvalue weighted by molar-refractivity contribution is 0.0384. The molecule has 0 aliphatic rings. The number of carbonyl (C=O) groups is 1. The molecule has 0 aliphatic carbocycles. The Bertz CT molecular complexity index is 387. The van der Waals surface area contributed by atoms with Crippen molar-refractivity contribution in [3.05, 3.63) is 21.4 Å². The fourth-order valence-electron chi connectivity index (χ4n) is 0.966. The molecule has 0 fully saturated rings. The van der Waals surface area contributed by atoms with E-state index < -0.39 is 0 Å². The quantitative estimate of drug-likeness (QED) is 0.703. The van der Waals surface area contributed by atoms with Gasteiger partial charge in [-0.1, -0.05) is 0 Å². The molecule has 0 atom stereocenters. The van der Waals surface area contributed by atoms with Gasteiger partial charge in [0.25, 0.3) is 0 Å². The standard InChI is InChI=1S/C10H11NO2S/c1-6(2)13-10(12)9-4-8(5-11)7(3)14-9/h4,6H,1-3H3. The van der Waals surface area contributed by atoms with E-state index >= 15 is 0 Å². The van der Waals surface area contributed by atoms with Crippen LogP contribution in [0.15, 0.2) is 6.07 Å². The Labute approximate surface area is 86.9 Å². The largest absolute Gasteiger partial charge is 0.459 e. The monoisotopic (exact) mass is 209 g/mol. The lowest BCUT2D eigenvalue weighted by Gasteiger charge is -2.05. The van der Waals surface area contributed by atoms with Gasteiger partial charge in [-0.3, -0.25) is 0 Å². The van der Waals surface area contributed by atoms with Gasteiger partial charge >= 0.3 is 5.97 Å². The zero-order valence-electron chi connectivity index (χ0n) is 8.33. The fourth-order valence-corrected chi connectivity index (χ4v) is 1.82. The van der Waals surface area contributed by atoms with Gasteiger partial charge in [0, 0.05) is 4.88 Å². The van der Waals surface area contributed by atoms with Crippen molar-refractivity contribution < 1.29 is 9.53 Å². The Balaban J connectivity index is 2.87. The van der Waals surface area contributed by atoms with Crippen LogP contribution in [0.3, 0.4) is 0 Å². The molecule has 0 spiro atoms. The molecule has 1 heterocycles. The van der Waals surface area contributed by atoms with E-state index in [1.807, 2.05) is 13.0 Å². The minimum atomic E-state index is -0.352. The van der Waals surface area contributed by atoms with Crippen LogP contribution in [0.25, 0.3) is 0 Å². The second-order valence-corrected chi connectivity index (χ2v) is 4.40. The predicted molar refractivity (Wildman–Crippen MR) is 54.3 cm³/mol. The molecule has 0 saturated heterocycles. The third kappa shape index (κ3) is 2.33. The zero-order chi connectivity index (χ0) is 10.7. The van der Waals surface area contributed by atoms with E-state index in [4.69, 9.17) is 10.00 Å². The number of thiophene rings is 1. The van der Waals surface area contributed by atoms with E-state index in [1.54, 1.807) is 19.9 Å². The number of hydrogen-bond acceptors (Lipinski definition) is 4. The smallest absolute Gasteiger partial charge is 0.348 e. The van der Waals surface area contributed by atoms with E-state index in [9.17, 15) is 4.79 Å². The van der Waals surface area contributed by atoms with Crippen molar-refractivity contribution in [2.75, 3.05) is 0 Å². The first-order valence-electron chi connectivity index (χ1n) is 4.26. The Kier molecular flexibility index (Phi) is 3.26. The average Bonchev–Trinajstić information content (AvgIpc) is 2.45. The highest BCUT2D eigenvalue weighted by molar-refractivity contribution is 7.14. The molecule has 14 heavy (non-hydrogen) atoms. The molecular weight excluding hydrogens is 198 g/mol. The van der Waals surface area contributed by atoms with Gasteiger partial charge < -0.3 is 4.74 Å². The third-order valence-electron chi connectivity index (χ3n) is 1.58. The summed E-state index contributed by atoms with van der Waals surface area (Å²) in [6.45, 7) is 5.41. The maximum Gasteiger partial charge on any atom is 0.348 e. The van der Waals surface area contributed by atoms with Crippen molar-refractivity contribution in [3.63, 3.8) is 0 Å². The van der Waals surface area contributed by atoms with E-state index in [-0.39, 0.29) is 12.1 Å². The summed E-state index contributed by atoms with van der Waals surface area (Å²) in [7, 11) is 0. The Morgan fingerprint density at radius 2 is 2.29 bits per heavy atom. The Hall–Kier alpha value is -1.34. The summed E-state index contributed by atoms with van der Waals surface area (Å²) in [6, 6.07) is 3.60. The lowest BCUT2D eigenvalue weighted by atomic mass is 10.3. The topological polar surface area (TPSA) is 50.1 Å². The molecule has 74 valence electrons. The number of ether oxygens (including phenoxy) is 1. The summed E-state index contributed by atoms with van der Waals surface area (Å²) in [4.78, 5) is 12.8. The molecule has 1 aromatic heterocycles. The average molecular weight is 209 g/mol. The summed E-state index contributed by atoms with van der Waals surface area (Å²) in [5.41, 5.74) is 0.547. The molecule has 0 bridgehead atoms.